The van der Waals surface area contributed by atoms with Gasteiger partial charge in [0.2, 0.25) is 9.84 Å². The van der Waals surface area contributed by atoms with Gasteiger partial charge in [0, 0.05) is 18.7 Å². The number of fused-ring (bicyclic) bond motifs is 1. The number of para-hydroxylation sites is 2. The molecule has 0 unspecified atom stereocenters. The number of benzene rings is 2. The first-order valence-electron chi connectivity index (χ1n) is 10.4. The van der Waals surface area contributed by atoms with Crippen molar-refractivity contribution in [1.82, 2.24) is 0 Å². The van der Waals surface area contributed by atoms with E-state index in [2.05, 4.69) is 6.58 Å². The van der Waals surface area contributed by atoms with Gasteiger partial charge in [-0.1, -0.05) is 36.4 Å². The van der Waals surface area contributed by atoms with E-state index in [1.165, 1.54) is 25.1 Å². The molecule has 2 aromatic rings. The van der Waals surface area contributed by atoms with Gasteiger partial charge in [-0.15, -0.1) is 0 Å². The van der Waals surface area contributed by atoms with E-state index < -0.39 is 26.7 Å². The molecule has 1 aliphatic heterocycles. The van der Waals surface area contributed by atoms with Crippen LogP contribution in [0.4, 0.5) is 5.69 Å². The molecule has 0 N–H and O–H groups in total. The van der Waals surface area contributed by atoms with Crippen molar-refractivity contribution in [3.05, 3.63) is 89.2 Å². The highest BCUT2D eigenvalue weighted by molar-refractivity contribution is 7.96. The molecule has 34 heavy (non-hydrogen) atoms. The molecule has 0 bridgehead atoms. The fourth-order valence-electron chi connectivity index (χ4n) is 2.99. The first kappa shape index (κ1) is 24.8. The van der Waals surface area contributed by atoms with E-state index in [4.69, 9.17) is 14.2 Å². The number of hydrogen-bond donors (Lipinski definition) is 0. The molecule has 0 amide bonds. The number of hydrogen-bond acceptors (Lipinski definition) is 8. The Bertz CT molecular complexity index is 1270. The van der Waals surface area contributed by atoms with Crippen molar-refractivity contribution in [2.75, 3.05) is 25.2 Å². The summed E-state index contributed by atoms with van der Waals surface area (Å²) in [4.78, 5) is 25.4. The second-order valence-electron chi connectivity index (χ2n) is 7.53. The van der Waals surface area contributed by atoms with E-state index in [-0.39, 0.29) is 23.7 Å². The number of ether oxygens (including phenoxy) is 3. The van der Waals surface area contributed by atoms with Crippen LogP contribution in [0, 0.1) is 6.92 Å². The molecule has 0 saturated heterocycles. The molecule has 0 saturated carbocycles. The van der Waals surface area contributed by atoms with E-state index in [1.807, 2.05) is 25.1 Å². The van der Waals surface area contributed by atoms with Crippen LogP contribution in [0.2, 0.25) is 0 Å². The third kappa shape index (κ3) is 5.55. The molecule has 0 aromatic heterocycles. The Balaban J connectivity index is 1.88. The molecule has 3 rings (SSSR count). The fraction of sp³-hybridized carbons (Fsp3) is 0.200. The van der Waals surface area contributed by atoms with Gasteiger partial charge in [-0.05, 0) is 44.2 Å². The van der Waals surface area contributed by atoms with E-state index in [0.29, 0.717) is 11.6 Å². The average molecular weight is 484 g/mol. The smallest absolute Gasteiger partial charge is 0.350 e. The molecule has 178 valence electrons. The van der Waals surface area contributed by atoms with Crippen molar-refractivity contribution in [3.63, 3.8) is 0 Å². The van der Waals surface area contributed by atoms with Crippen LogP contribution in [-0.2, 0) is 28.9 Å². The lowest BCUT2D eigenvalue weighted by atomic mass is 10.2. The monoisotopic (exact) mass is 483 g/mol. The van der Waals surface area contributed by atoms with Crippen LogP contribution in [0.15, 0.2) is 88.5 Å². The van der Waals surface area contributed by atoms with Gasteiger partial charge < -0.3 is 19.1 Å². The van der Waals surface area contributed by atoms with Crippen LogP contribution in [0.1, 0.15) is 12.5 Å². The Morgan fingerprint density at radius 1 is 1.03 bits per heavy atom. The minimum Gasteiger partial charge on any atom is -0.459 e. The van der Waals surface area contributed by atoms with Gasteiger partial charge in [-0.3, -0.25) is 0 Å². The molecule has 1 heterocycles. The maximum absolute atomic E-state index is 13.3. The Morgan fingerprint density at radius 2 is 1.65 bits per heavy atom. The Labute approximate surface area is 198 Å². The zero-order valence-electron chi connectivity index (χ0n) is 19.1. The van der Waals surface area contributed by atoms with Gasteiger partial charge in [0.25, 0.3) is 0 Å². The van der Waals surface area contributed by atoms with Gasteiger partial charge >= 0.3 is 11.9 Å². The summed E-state index contributed by atoms with van der Waals surface area (Å²) >= 11 is 0. The number of anilines is 1. The predicted octanol–water partition coefficient (Wildman–Crippen LogP) is 3.69. The number of allylic oxidation sites excluding steroid dienone is 2. The van der Waals surface area contributed by atoms with Gasteiger partial charge in [-0.2, -0.15) is 0 Å². The van der Waals surface area contributed by atoms with Crippen LogP contribution in [0.5, 0.6) is 5.75 Å². The molecule has 0 fully saturated rings. The largest absolute Gasteiger partial charge is 0.459 e. The summed E-state index contributed by atoms with van der Waals surface area (Å²) in [7, 11) is -2.46. The Kier molecular flexibility index (Phi) is 7.57. The van der Waals surface area contributed by atoms with Crippen LogP contribution in [0.3, 0.4) is 0 Å². The molecule has 9 heteroatoms. The minimum absolute atomic E-state index is 0.0580. The summed E-state index contributed by atoms with van der Waals surface area (Å²) < 4.78 is 42.3. The molecule has 2 aromatic carbocycles. The highest BCUT2D eigenvalue weighted by Crippen LogP contribution is 2.37. The van der Waals surface area contributed by atoms with Crippen molar-refractivity contribution < 1.29 is 32.2 Å². The zero-order valence-corrected chi connectivity index (χ0v) is 19.9. The van der Waals surface area contributed by atoms with Gasteiger partial charge in [0.1, 0.15) is 13.2 Å². The summed E-state index contributed by atoms with van der Waals surface area (Å²) in [5.41, 5.74) is 1.86. The maximum Gasteiger partial charge on any atom is 0.350 e. The molecular weight excluding hydrogens is 458 g/mol. The number of sulfone groups is 1. The zero-order chi connectivity index (χ0) is 24.9. The number of esters is 2. The third-order valence-electron chi connectivity index (χ3n) is 4.87. The molecule has 0 atom stereocenters. The number of carbonyl (C=O) groups is 2. The van der Waals surface area contributed by atoms with Gasteiger partial charge in [0.05, 0.1) is 10.6 Å². The van der Waals surface area contributed by atoms with Crippen LogP contribution in [0.25, 0.3) is 0 Å². The highest BCUT2D eigenvalue weighted by Gasteiger charge is 2.29. The number of carbonyl (C=O) groups excluding carboxylic acids is 2. The highest BCUT2D eigenvalue weighted by atomic mass is 32.2. The topological polar surface area (TPSA) is 99.2 Å². The quantitative estimate of drug-likeness (QED) is 0.319. The van der Waals surface area contributed by atoms with Crippen molar-refractivity contribution in [2.24, 2.45) is 0 Å². The SMILES string of the molecule is C=C(C)C(=O)OCCOC(=O)/C(=C/C=C1\Oc2ccccc2N1C)S(=O)(=O)c1ccc(C)cc1. The summed E-state index contributed by atoms with van der Waals surface area (Å²) in [5, 5.41) is 0. The molecule has 8 nitrogen and oxygen atoms in total. The van der Waals surface area contributed by atoms with E-state index in [0.717, 1.165) is 17.3 Å². The maximum atomic E-state index is 13.3. The lowest BCUT2D eigenvalue weighted by Crippen LogP contribution is -2.20. The second-order valence-corrected chi connectivity index (χ2v) is 9.45. The lowest BCUT2D eigenvalue weighted by molar-refractivity contribution is -0.146. The molecule has 0 aliphatic carbocycles. The van der Waals surface area contributed by atoms with Crippen LogP contribution < -0.4 is 9.64 Å². The van der Waals surface area contributed by atoms with Crippen molar-refractivity contribution in [3.8, 4) is 5.75 Å². The molecule has 0 spiro atoms. The third-order valence-corrected chi connectivity index (χ3v) is 6.64. The van der Waals surface area contributed by atoms with Crippen LogP contribution >= 0.6 is 0 Å². The van der Waals surface area contributed by atoms with Crippen molar-refractivity contribution in [2.45, 2.75) is 18.7 Å². The molecular formula is C25H25NO7S. The van der Waals surface area contributed by atoms with E-state index >= 15 is 0 Å². The summed E-state index contributed by atoms with van der Waals surface area (Å²) in [6.45, 7) is 6.20. The standard InChI is InChI=1S/C25H25NO7S/c1-17(2)24(27)31-15-16-32-25(28)22(34(29,30)19-11-9-18(3)10-12-19)13-14-23-26(4)20-7-5-6-8-21(20)33-23/h5-14H,1,15-16H2,2-4H3/b22-13-,23-14-. The Hall–Kier alpha value is -3.85. The average Bonchev–Trinajstić information content (AvgIpc) is 3.12. The van der Waals surface area contributed by atoms with Crippen molar-refractivity contribution in [1.29, 1.82) is 0 Å². The molecule has 1 aliphatic rings. The normalized spacial score (nSPS) is 14.4. The molecule has 0 radical (unpaired) electrons. The van der Waals surface area contributed by atoms with Crippen molar-refractivity contribution >= 4 is 27.5 Å². The second kappa shape index (κ2) is 10.4. The first-order valence-corrected chi connectivity index (χ1v) is 11.8. The van der Waals surface area contributed by atoms with Crippen LogP contribution in [-0.4, -0.2) is 40.6 Å². The summed E-state index contributed by atoms with van der Waals surface area (Å²) in [6.07, 6.45) is 2.54. The van der Waals surface area contributed by atoms with Gasteiger partial charge in [-0.25, -0.2) is 18.0 Å². The van der Waals surface area contributed by atoms with E-state index in [9.17, 15) is 18.0 Å². The minimum atomic E-state index is -4.21. The first-order chi connectivity index (χ1) is 16.1. The predicted molar refractivity (Wildman–Crippen MR) is 127 cm³/mol. The number of rotatable bonds is 8. The fourth-order valence-corrected chi connectivity index (χ4v) is 4.26. The lowest BCUT2D eigenvalue weighted by Gasteiger charge is -2.12. The number of aryl methyl sites for hydroxylation is 1. The van der Waals surface area contributed by atoms with E-state index in [1.54, 1.807) is 30.1 Å². The Morgan fingerprint density at radius 3 is 2.26 bits per heavy atom. The summed E-state index contributed by atoms with van der Waals surface area (Å²) in [6, 6.07) is 13.4. The summed E-state index contributed by atoms with van der Waals surface area (Å²) in [5.74, 6) is -0.776. The number of nitrogens with zero attached hydrogens (tertiary/aromatic N) is 1. The van der Waals surface area contributed by atoms with Gasteiger partial charge in [0.15, 0.2) is 16.5 Å².